The van der Waals surface area contributed by atoms with Gasteiger partial charge < -0.3 is 4.90 Å². The zero-order valence-electron chi connectivity index (χ0n) is 8.99. The maximum absolute atomic E-state index is 12.7. The van der Waals surface area contributed by atoms with Gasteiger partial charge in [0.2, 0.25) is 0 Å². The highest BCUT2D eigenvalue weighted by Crippen LogP contribution is 2.20. The lowest BCUT2D eigenvalue weighted by Gasteiger charge is -2.17. The zero-order chi connectivity index (χ0) is 11.4. The maximum atomic E-state index is 12.7. The highest BCUT2D eigenvalue weighted by atomic mass is 32.2. The number of halogens is 1. The van der Waals surface area contributed by atoms with E-state index in [1.165, 1.54) is 25.0 Å². The molecule has 0 amide bonds. The van der Waals surface area contributed by atoms with Crippen LogP contribution in [0.1, 0.15) is 18.4 Å². The molecule has 0 saturated carbocycles. The van der Waals surface area contributed by atoms with Crippen molar-refractivity contribution in [2.75, 3.05) is 13.1 Å². The predicted octanol–water partition coefficient (Wildman–Crippen LogP) is 3.44. The van der Waals surface area contributed by atoms with Crippen LogP contribution in [0.25, 0.3) is 0 Å². The lowest BCUT2D eigenvalue weighted by Crippen LogP contribution is -2.23. The van der Waals surface area contributed by atoms with Crippen LogP contribution in [0.15, 0.2) is 24.3 Å². The van der Waals surface area contributed by atoms with Crippen molar-refractivity contribution in [3.63, 3.8) is 0 Å². The SMILES string of the molecule is Fc1ccc(CSC(=S)N2CCCC2)cc1. The third-order valence-electron chi connectivity index (χ3n) is 2.64. The molecule has 1 heterocycles. The maximum Gasteiger partial charge on any atom is 0.136 e. The Balaban J connectivity index is 1.82. The van der Waals surface area contributed by atoms with E-state index in [4.69, 9.17) is 12.2 Å². The van der Waals surface area contributed by atoms with Gasteiger partial charge in [-0.2, -0.15) is 0 Å². The molecule has 86 valence electrons. The van der Waals surface area contributed by atoms with E-state index >= 15 is 0 Å². The van der Waals surface area contributed by atoms with Gasteiger partial charge in [-0.1, -0.05) is 36.1 Å². The lowest BCUT2D eigenvalue weighted by molar-refractivity contribution is 0.539. The molecule has 1 saturated heterocycles. The largest absolute Gasteiger partial charge is 0.358 e. The van der Waals surface area contributed by atoms with Crippen LogP contribution in [-0.2, 0) is 5.75 Å². The molecule has 0 radical (unpaired) electrons. The van der Waals surface area contributed by atoms with E-state index in [0.717, 1.165) is 28.7 Å². The van der Waals surface area contributed by atoms with Crippen molar-refractivity contribution in [3.05, 3.63) is 35.6 Å². The van der Waals surface area contributed by atoms with E-state index in [1.807, 2.05) is 12.1 Å². The number of benzene rings is 1. The minimum atomic E-state index is -0.184. The van der Waals surface area contributed by atoms with E-state index in [2.05, 4.69) is 4.90 Å². The normalized spacial score (nSPS) is 15.4. The van der Waals surface area contributed by atoms with Crippen molar-refractivity contribution in [1.82, 2.24) is 4.90 Å². The lowest BCUT2D eigenvalue weighted by atomic mass is 10.2. The first-order chi connectivity index (χ1) is 7.75. The molecule has 0 aliphatic carbocycles. The Kier molecular flexibility index (Phi) is 4.18. The number of thioether (sulfide) groups is 1. The quantitative estimate of drug-likeness (QED) is 0.745. The molecule has 0 unspecified atom stereocenters. The summed E-state index contributed by atoms with van der Waals surface area (Å²) in [6.07, 6.45) is 2.49. The summed E-state index contributed by atoms with van der Waals surface area (Å²) in [5.41, 5.74) is 1.12. The van der Waals surface area contributed by atoms with Crippen LogP contribution in [-0.4, -0.2) is 22.3 Å². The molecule has 4 heteroatoms. The molecule has 0 atom stereocenters. The number of thiocarbonyl (C=S) groups is 1. The van der Waals surface area contributed by atoms with Crippen LogP contribution in [0, 0.1) is 5.82 Å². The summed E-state index contributed by atoms with van der Waals surface area (Å²) < 4.78 is 13.7. The summed E-state index contributed by atoms with van der Waals surface area (Å²) in [7, 11) is 0. The standard InChI is InChI=1S/C12H14FNS2/c13-11-5-3-10(4-6-11)9-16-12(15)14-7-1-2-8-14/h3-6H,1-2,7-9H2. The highest BCUT2D eigenvalue weighted by molar-refractivity contribution is 8.22. The van der Waals surface area contributed by atoms with Crippen LogP contribution in [0.5, 0.6) is 0 Å². The highest BCUT2D eigenvalue weighted by Gasteiger charge is 2.14. The summed E-state index contributed by atoms with van der Waals surface area (Å²) in [5.74, 6) is 0.645. The third kappa shape index (κ3) is 3.19. The molecule has 0 bridgehead atoms. The molecule has 0 aromatic heterocycles. The Hall–Kier alpha value is -0.610. The first-order valence-electron chi connectivity index (χ1n) is 5.42. The molecule has 1 nitrogen and oxygen atoms in total. The van der Waals surface area contributed by atoms with Crippen molar-refractivity contribution in [2.45, 2.75) is 18.6 Å². The molecule has 2 rings (SSSR count). The second kappa shape index (κ2) is 5.64. The molecule has 1 fully saturated rings. The van der Waals surface area contributed by atoms with Gasteiger partial charge >= 0.3 is 0 Å². The predicted molar refractivity (Wildman–Crippen MR) is 71.1 cm³/mol. The minimum absolute atomic E-state index is 0.184. The van der Waals surface area contributed by atoms with Crippen molar-refractivity contribution in [3.8, 4) is 0 Å². The summed E-state index contributed by atoms with van der Waals surface area (Å²) in [6, 6.07) is 6.62. The fraction of sp³-hybridized carbons (Fsp3) is 0.417. The second-order valence-corrected chi connectivity index (χ2v) is 5.48. The molecule has 1 aliphatic heterocycles. The monoisotopic (exact) mass is 255 g/mol. The number of rotatable bonds is 2. The van der Waals surface area contributed by atoms with Crippen molar-refractivity contribution < 1.29 is 4.39 Å². The van der Waals surface area contributed by atoms with Gasteiger partial charge in [-0.15, -0.1) is 0 Å². The Labute approximate surface area is 105 Å². The topological polar surface area (TPSA) is 3.24 Å². The third-order valence-corrected chi connectivity index (χ3v) is 4.23. The number of hydrogen-bond donors (Lipinski definition) is 0. The summed E-state index contributed by atoms with van der Waals surface area (Å²) in [6.45, 7) is 2.19. The first-order valence-corrected chi connectivity index (χ1v) is 6.81. The zero-order valence-corrected chi connectivity index (χ0v) is 10.6. The molecule has 1 aromatic rings. The average molecular weight is 255 g/mol. The Morgan fingerprint density at radius 1 is 1.25 bits per heavy atom. The van der Waals surface area contributed by atoms with Crippen molar-refractivity contribution >= 4 is 28.3 Å². The van der Waals surface area contributed by atoms with Gasteiger partial charge in [0.15, 0.2) is 0 Å². The molecule has 0 N–H and O–H groups in total. The van der Waals surface area contributed by atoms with Gasteiger partial charge in [0.05, 0.1) is 0 Å². The Morgan fingerprint density at radius 2 is 1.88 bits per heavy atom. The molecule has 0 spiro atoms. The van der Waals surface area contributed by atoms with E-state index < -0.39 is 0 Å². The number of hydrogen-bond acceptors (Lipinski definition) is 2. The van der Waals surface area contributed by atoms with Crippen LogP contribution in [0.2, 0.25) is 0 Å². The first kappa shape index (κ1) is 11.9. The van der Waals surface area contributed by atoms with Crippen LogP contribution in [0.3, 0.4) is 0 Å². The second-order valence-electron chi connectivity index (χ2n) is 3.88. The summed E-state index contributed by atoms with van der Waals surface area (Å²) in [5, 5.41) is 0. The summed E-state index contributed by atoms with van der Waals surface area (Å²) in [4.78, 5) is 2.25. The molecular weight excluding hydrogens is 241 g/mol. The Morgan fingerprint density at radius 3 is 2.50 bits per heavy atom. The molecule has 16 heavy (non-hydrogen) atoms. The van der Waals surface area contributed by atoms with Gasteiger partial charge in [0.25, 0.3) is 0 Å². The van der Waals surface area contributed by atoms with Crippen LogP contribution in [0.4, 0.5) is 4.39 Å². The van der Waals surface area contributed by atoms with Crippen molar-refractivity contribution in [1.29, 1.82) is 0 Å². The average Bonchev–Trinajstić information content (AvgIpc) is 2.81. The smallest absolute Gasteiger partial charge is 0.136 e. The van der Waals surface area contributed by atoms with E-state index in [9.17, 15) is 4.39 Å². The van der Waals surface area contributed by atoms with Crippen LogP contribution < -0.4 is 0 Å². The number of nitrogens with zero attached hydrogens (tertiary/aromatic N) is 1. The van der Waals surface area contributed by atoms with Crippen molar-refractivity contribution in [2.24, 2.45) is 0 Å². The van der Waals surface area contributed by atoms with Gasteiger partial charge in [-0.3, -0.25) is 0 Å². The van der Waals surface area contributed by atoms with E-state index in [1.54, 1.807) is 11.8 Å². The van der Waals surface area contributed by atoms with Crippen LogP contribution >= 0.6 is 24.0 Å². The fourth-order valence-electron chi connectivity index (χ4n) is 1.72. The van der Waals surface area contributed by atoms with Gasteiger partial charge in [0, 0.05) is 18.8 Å². The molecular formula is C12H14FNS2. The van der Waals surface area contributed by atoms with Gasteiger partial charge in [0.1, 0.15) is 10.1 Å². The Bertz CT molecular complexity index is 358. The van der Waals surface area contributed by atoms with Gasteiger partial charge in [-0.05, 0) is 30.5 Å². The number of likely N-dealkylation sites (tertiary alicyclic amines) is 1. The summed E-state index contributed by atoms with van der Waals surface area (Å²) >= 11 is 7.02. The van der Waals surface area contributed by atoms with E-state index in [0.29, 0.717) is 0 Å². The minimum Gasteiger partial charge on any atom is -0.358 e. The molecule has 1 aromatic carbocycles. The van der Waals surface area contributed by atoms with Gasteiger partial charge in [-0.25, -0.2) is 4.39 Å². The molecule has 1 aliphatic rings. The fourth-order valence-corrected chi connectivity index (χ4v) is 2.92. The van der Waals surface area contributed by atoms with E-state index in [-0.39, 0.29) is 5.82 Å².